The van der Waals surface area contributed by atoms with Crippen molar-refractivity contribution in [3.05, 3.63) is 309 Å². The summed E-state index contributed by atoms with van der Waals surface area (Å²) in [6.45, 7) is -0.101. The van der Waals surface area contributed by atoms with E-state index in [2.05, 4.69) is 338 Å². The highest BCUT2D eigenvalue weighted by molar-refractivity contribution is 7.00. The Morgan fingerprint density at radius 2 is 0.600 bits per heavy atom. The molecule has 0 saturated heterocycles. The van der Waals surface area contributed by atoms with Crippen LogP contribution in [0.2, 0.25) is 0 Å². The molecule has 0 atom stereocenters. The Morgan fingerprint density at radius 1 is 0.247 bits per heavy atom. The minimum Gasteiger partial charge on any atom is -0.311 e. The van der Waals surface area contributed by atoms with Crippen LogP contribution in [0.3, 0.4) is 0 Å². The fraction of sp³-hybridized carbons (Fsp3) is 0. The largest absolute Gasteiger partial charge is 0.311 e. The molecule has 0 unspecified atom stereocenters. The predicted molar refractivity (Wildman–Crippen MR) is 358 cm³/mol. The van der Waals surface area contributed by atoms with Crippen LogP contribution in [0, 0.1) is 0 Å². The number of hydrogen-bond acceptors (Lipinski definition) is 3. The van der Waals surface area contributed by atoms with Gasteiger partial charge in [0, 0.05) is 94.9 Å². The van der Waals surface area contributed by atoms with Gasteiger partial charge in [0.2, 0.25) is 0 Å². The number of aromatic nitrogens is 3. The molecule has 0 saturated carbocycles. The molecule has 396 valence electrons. The van der Waals surface area contributed by atoms with E-state index in [0.29, 0.717) is 0 Å². The smallest absolute Gasteiger partial charge is 0.252 e. The lowest BCUT2D eigenvalue weighted by Crippen LogP contribution is -2.61. The highest BCUT2D eigenvalue weighted by Gasteiger charge is 2.44. The van der Waals surface area contributed by atoms with Crippen molar-refractivity contribution in [1.82, 2.24) is 13.7 Å². The van der Waals surface area contributed by atoms with Crippen molar-refractivity contribution in [2.75, 3.05) is 14.7 Å². The first-order valence-electron chi connectivity index (χ1n) is 29.3. The minimum atomic E-state index is -0.101. The van der Waals surface area contributed by atoms with Crippen LogP contribution >= 0.6 is 0 Å². The maximum atomic E-state index is 2.60. The summed E-state index contributed by atoms with van der Waals surface area (Å²) in [6.07, 6.45) is 0. The quantitative estimate of drug-likeness (QED) is 0.142. The Balaban J connectivity index is 0.995. The fourth-order valence-electron chi connectivity index (χ4n) is 14.6. The second-order valence-corrected chi connectivity index (χ2v) is 22.4. The Kier molecular flexibility index (Phi) is 10.4. The Labute approximate surface area is 491 Å². The van der Waals surface area contributed by atoms with E-state index in [0.717, 1.165) is 73.6 Å². The van der Waals surface area contributed by atoms with Gasteiger partial charge in [-0.3, -0.25) is 0 Å². The van der Waals surface area contributed by atoms with Crippen LogP contribution in [-0.4, -0.2) is 20.4 Å². The molecule has 0 amide bonds. The summed E-state index contributed by atoms with van der Waals surface area (Å²) in [7, 11) is 0. The SMILES string of the molecule is c1ccc(N(c2ccccc2)c2cc3c4c(c2)N(c2ccccc2)c2cc(-n5c6ccccc6c6c7c(c8ccccc8n7-c7ccccc7)c7c(c8ccccc8n7-c7ccccc7)c65)ccc2B4c2ccccc2N3c2ccccc2)cc1. The third-order valence-electron chi connectivity index (χ3n) is 17.9. The average molecular weight is 1080 g/mol. The van der Waals surface area contributed by atoms with Crippen LogP contribution in [-0.2, 0) is 0 Å². The van der Waals surface area contributed by atoms with Gasteiger partial charge in [0.1, 0.15) is 0 Å². The Bertz CT molecular complexity index is 5200. The standard InChI is InChI=1S/C78H51BN6/c1-7-27-52(28-8-1)80(53-29-9-2-10-30-53)59-50-70-75-71(51-59)82(55-33-13-4-14-34-55)69-49-58(47-48-64(69)79(75)63-42-22-26-46-68(63)81(70)54-31-11-3-12-32-54)85-67-45-25-21-41-62(67)74-77-72(60-39-19-23-43-65(60)83(77)56-35-15-5-16-36-56)76-73(78(74)85)61-40-20-24-44-66(61)84(76)57-37-17-6-18-38-57/h1-51H. The van der Waals surface area contributed by atoms with E-state index in [1.165, 1.54) is 76.5 Å². The van der Waals surface area contributed by atoms with Crippen LogP contribution in [0.25, 0.3) is 82.5 Å². The molecule has 2 aliphatic heterocycles. The third kappa shape index (κ3) is 6.89. The zero-order chi connectivity index (χ0) is 55.7. The maximum absolute atomic E-state index is 2.60. The van der Waals surface area contributed by atoms with Crippen molar-refractivity contribution < 1.29 is 0 Å². The predicted octanol–water partition coefficient (Wildman–Crippen LogP) is 18.5. The van der Waals surface area contributed by atoms with Crippen LogP contribution in [0.5, 0.6) is 0 Å². The Hall–Kier alpha value is -11.3. The molecule has 0 N–H and O–H groups in total. The summed E-state index contributed by atoms with van der Waals surface area (Å²) in [6, 6.07) is 114. The molecule has 0 bridgehead atoms. The second kappa shape index (κ2) is 18.6. The molecule has 0 fully saturated rings. The topological polar surface area (TPSA) is 24.5 Å². The number of benzene rings is 13. The highest BCUT2D eigenvalue weighted by atomic mass is 15.2. The van der Waals surface area contributed by atoms with Crippen LogP contribution < -0.4 is 31.1 Å². The molecule has 3 aromatic heterocycles. The highest BCUT2D eigenvalue weighted by Crippen LogP contribution is 2.52. The molecule has 13 aromatic carbocycles. The fourth-order valence-corrected chi connectivity index (χ4v) is 14.6. The van der Waals surface area contributed by atoms with E-state index >= 15 is 0 Å². The van der Waals surface area contributed by atoms with Gasteiger partial charge in [-0.25, -0.2) is 0 Å². The van der Waals surface area contributed by atoms with E-state index in [4.69, 9.17) is 0 Å². The van der Waals surface area contributed by atoms with Crippen molar-refractivity contribution >= 4 is 140 Å². The molecule has 18 rings (SSSR count). The first kappa shape index (κ1) is 47.4. The van der Waals surface area contributed by atoms with Crippen LogP contribution in [0.1, 0.15) is 0 Å². The van der Waals surface area contributed by atoms with Gasteiger partial charge in [-0.2, -0.15) is 0 Å². The van der Waals surface area contributed by atoms with Crippen molar-refractivity contribution in [3.8, 4) is 17.1 Å². The maximum Gasteiger partial charge on any atom is 0.252 e. The molecule has 0 spiro atoms. The number of nitrogens with zero attached hydrogens (tertiary/aromatic N) is 6. The summed E-state index contributed by atoms with van der Waals surface area (Å²) in [5.41, 5.74) is 24.1. The van der Waals surface area contributed by atoms with Gasteiger partial charge in [0.25, 0.3) is 6.71 Å². The molecule has 85 heavy (non-hydrogen) atoms. The normalized spacial score (nSPS) is 12.6. The molecular formula is C78H51BN6. The van der Waals surface area contributed by atoms with Gasteiger partial charge in [-0.1, -0.05) is 188 Å². The lowest BCUT2D eigenvalue weighted by atomic mass is 9.33. The monoisotopic (exact) mass is 1080 g/mol. The Morgan fingerprint density at radius 3 is 1.06 bits per heavy atom. The zero-order valence-electron chi connectivity index (χ0n) is 46.2. The first-order valence-corrected chi connectivity index (χ1v) is 29.3. The average Bonchev–Trinajstić information content (AvgIpc) is 1.77. The van der Waals surface area contributed by atoms with E-state index in [1.807, 2.05) is 0 Å². The van der Waals surface area contributed by atoms with Gasteiger partial charge >= 0.3 is 0 Å². The number of hydrogen-bond donors (Lipinski definition) is 0. The van der Waals surface area contributed by atoms with Gasteiger partial charge in [0.15, 0.2) is 0 Å². The molecule has 5 heterocycles. The van der Waals surface area contributed by atoms with Gasteiger partial charge in [-0.05, 0) is 138 Å². The van der Waals surface area contributed by atoms with Crippen LogP contribution in [0.15, 0.2) is 309 Å². The summed E-state index contributed by atoms with van der Waals surface area (Å²) >= 11 is 0. The summed E-state index contributed by atoms with van der Waals surface area (Å²) in [5, 5.41) is 7.28. The molecule has 16 aromatic rings. The van der Waals surface area contributed by atoms with E-state index in [1.54, 1.807) is 0 Å². The molecule has 2 aliphatic rings. The minimum absolute atomic E-state index is 0.101. The summed E-state index contributed by atoms with van der Waals surface area (Å²) in [4.78, 5) is 7.46. The van der Waals surface area contributed by atoms with Gasteiger partial charge in [0.05, 0.1) is 38.8 Å². The first-order chi connectivity index (χ1) is 42.3. The molecule has 6 nitrogen and oxygen atoms in total. The van der Waals surface area contributed by atoms with E-state index in [-0.39, 0.29) is 6.71 Å². The number of rotatable bonds is 8. The summed E-state index contributed by atoms with van der Waals surface area (Å²) in [5.74, 6) is 0. The van der Waals surface area contributed by atoms with Crippen LogP contribution in [0.4, 0.5) is 51.2 Å². The van der Waals surface area contributed by atoms with Gasteiger partial charge < -0.3 is 28.4 Å². The molecule has 0 aliphatic carbocycles. The number of fused-ring (bicyclic) bond motifs is 16. The van der Waals surface area contributed by atoms with Crippen molar-refractivity contribution in [2.45, 2.75) is 0 Å². The molecule has 0 radical (unpaired) electrons. The zero-order valence-corrected chi connectivity index (χ0v) is 46.2. The van der Waals surface area contributed by atoms with Crippen molar-refractivity contribution in [2.24, 2.45) is 0 Å². The number of anilines is 9. The molecule has 7 heteroatoms. The van der Waals surface area contributed by atoms with E-state index in [9.17, 15) is 0 Å². The lowest BCUT2D eigenvalue weighted by molar-refractivity contribution is 1.17. The second-order valence-electron chi connectivity index (χ2n) is 22.4. The third-order valence-corrected chi connectivity index (χ3v) is 17.9. The van der Waals surface area contributed by atoms with Crippen molar-refractivity contribution in [1.29, 1.82) is 0 Å². The van der Waals surface area contributed by atoms with E-state index < -0.39 is 0 Å². The summed E-state index contributed by atoms with van der Waals surface area (Å²) < 4.78 is 7.65. The molecular weight excluding hydrogens is 1030 g/mol. The lowest BCUT2D eigenvalue weighted by Gasteiger charge is -2.45. The van der Waals surface area contributed by atoms with Crippen molar-refractivity contribution in [3.63, 3.8) is 0 Å². The number of para-hydroxylation sites is 10. The van der Waals surface area contributed by atoms with Gasteiger partial charge in [-0.15, -0.1) is 0 Å².